The van der Waals surface area contributed by atoms with E-state index < -0.39 is 0 Å². The number of aromatic nitrogens is 1. The Labute approximate surface area is 173 Å². The third-order valence-corrected chi connectivity index (χ3v) is 5.69. The number of carbonyl (C=O) groups is 1. The number of amides is 1. The highest BCUT2D eigenvalue weighted by Crippen LogP contribution is 2.36. The number of pyridine rings is 1. The van der Waals surface area contributed by atoms with E-state index in [9.17, 15) is 4.79 Å². The first-order chi connectivity index (χ1) is 13.1. The number of hydrogen-bond acceptors (Lipinski definition) is 7. The van der Waals surface area contributed by atoms with Crippen LogP contribution >= 0.6 is 15.9 Å². The van der Waals surface area contributed by atoms with Crippen molar-refractivity contribution in [2.45, 2.75) is 45.4 Å². The lowest BCUT2D eigenvalue weighted by Gasteiger charge is -2.43. The summed E-state index contributed by atoms with van der Waals surface area (Å²) >= 11 is 3.49. The minimum absolute atomic E-state index is 0.146. The van der Waals surface area contributed by atoms with Crippen molar-refractivity contribution in [3.8, 4) is 0 Å². The van der Waals surface area contributed by atoms with Gasteiger partial charge < -0.3 is 19.4 Å². The number of carbonyl (C=O) groups excluding carboxylic acids is 1. The van der Waals surface area contributed by atoms with Crippen LogP contribution in [0.25, 0.3) is 0 Å². The van der Waals surface area contributed by atoms with Crippen molar-refractivity contribution >= 4 is 45.2 Å². The van der Waals surface area contributed by atoms with E-state index in [1.165, 1.54) is 0 Å². The zero-order chi connectivity index (χ0) is 20.2. The summed E-state index contributed by atoms with van der Waals surface area (Å²) in [5.41, 5.74) is 0.698. The SMILES string of the molecule is C[C@H]1CN2C(=N1)C(N1CC(OC(=O)N(C)C(C)(C)C)C1)=Nc1ncc(Br)cc12. The van der Waals surface area contributed by atoms with Crippen molar-refractivity contribution in [1.29, 1.82) is 0 Å². The predicted molar refractivity (Wildman–Crippen MR) is 113 cm³/mol. The molecular weight excluding hydrogens is 424 g/mol. The normalized spacial score (nSPS) is 21.4. The summed E-state index contributed by atoms with van der Waals surface area (Å²) in [4.78, 5) is 32.2. The molecule has 1 atom stereocenters. The van der Waals surface area contributed by atoms with Gasteiger partial charge in [0.05, 0.1) is 24.8 Å². The molecular formula is C19H25BrN6O2. The molecule has 0 spiro atoms. The van der Waals surface area contributed by atoms with Crippen molar-refractivity contribution in [3.05, 3.63) is 16.7 Å². The molecule has 0 unspecified atom stereocenters. The monoisotopic (exact) mass is 448 g/mol. The lowest BCUT2D eigenvalue weighted by atomic mass is 10.1. The molecule has 1 aromatic rings. The minimum Gasteiger partial charge on any atom is -0.442 e. The molecule has 1 fully saturated rings. The maximum absolute atomic E-state index is 12.3. The van der Waals surface area contributed by atoms with Crippen LogP contribution in [0.2, 0.25) is 0 Å². The number of fused-ring (bicyclic) bond motifs is 3. The van der Waals surface area contributed by atoms with Crippen LogP contribution in [0.15, 0.2) is 26.7 Å². The smallest absolute Gasteiger partial charge is 0.410 e. The largest absolute Gasteiger partial charge is 0.442 e. The number of nitrogens with zero attached hydrogens (tertiary/aromatic N) is 6. The summed E-state index contributed by atoms with van der Waals surface area (Å²) in [6.45, 7) is 10.1. The average Bonchev–Trinajstić information content (AvgIpc) is 2.97. The molecule has 0 radical (unpaired) electrons. The molecule has 1 saturated heterocycles. The van der Waals surface area contributed by atoms with Gasteiger partial charge in [-0.1, -0.05) is 0 Å². The van der Waals surface area contributed by atoms with E-state index in [1.807, 2.05) is 26.8 Å². The summed E-state index contributed by atoms with van der Waals surface area (Å²) in [7, 11) is 1.76. The second kappa shape index (κ2) is 6.72. The molecule has 8 nitrogen and oxygen atoms in total. The zero-order valence-electron chi connectivity index (χ0n) is 16.8. The van der Waals surface area contributed by atoms with Crippen LogP contribution in [0, 0.1) is 0 Å². The molecule has 0 N–H and O–H groups in total. The third-order valence-electron chi connectivity index (χ3n) is 5.26. The number of amidine groups is 2. The highest BCUT2D eigenvalue weighted by Gasteiger charge is 2.41. The van der Waals surface area contributed by atoms with Crippen molar-refractivity contribution in [3.63, 3.8) is 0 Å². The molecule has 1 aromatic heterocycles. The van der Waals surface area contributed by atoms with E-state index >= 15 is 0 Å². The van der Waals surface area contributed by atoms with Gasteiger partial charge in [0.2, 0.25) is 0 Å². The highest BCUT2D eigenvalue weighted by atomic mass is 79.9. The zero-order valence-corrected chi connectivity index (χ0v) is 18.4. The first kappa shape index (κ1) is 19.2. The minimum atomic E-state index is -0.298. The van der Waals surface area contributed by atoms with Gasteiger partial charge in [0, 0.05) is 29.8 Å². The van der Waals surface area contributed by atoms with Crippen molar-refractivity contribution < 1.29 is 9.53 Å². The molecule has 150 valence electrons. The van der Waals surface area contributed by atoms with E-state index in [0.717, 1.165) is 28.4 Å². The van der Waals surface area contributed by atoms with Crippen LogP contribution in [0.5, 0.6) is 0 Å². The summed E-state index contributed by atoms with van der Waals surface area (Å²) in [5.74, 6) is 2.37. The molecule has 0 aliphatic carbocycles. The van der Waals surface area contributed by atoms with Gasteiger partial charge in [0.15, 0.2) is 17.5 Å². The molecule has 9 heteroatoms. The summed E-state index contributed by atoms with van der Waals surface area (Å²) in [6.07, 6.45) is 1.31. The van der Waals surface area contributed by atoms with E-state index in [2.05, 4.69) is 37.6 Å². The van der Waals surface area contributed by atoms with Gasteiger partial charge in [-0.2, -0.15) is 0 Å². The van der Waals surface area contributed by atoms with Crippen LogP contribution in [-0.4, -0.2) is 76.9 Å². The predicted octanol–water partition coefficient (Wildman–Crippen LogP) is 3.05. The molecule has 3 aliphatic heterocycles. The highest BCUT2D eigenvalue weighted by molar-refractivity contribution is 9.10. The lowest BCUT2D eigenvalue weighted by molar-refractivity contribution is -0.00500. The fourth-order valence-electron chi connectivity index (χ4n) is 3.31. The molecule has 0 saturated carbocycles. The second-order valence-corrected chi connectivity index (χ2v) is 9.40. The number of halogens is 1. The van der Waals surface area contributed by atoms with Gasteiger partial charge in [-0.3, -0.25) is 4.99 Å². The van der Waals surface area contributed by atoms with Crippen LogP contribution in [0.3, 0.4) is 0 Å². The Morgan fingerprint density at radius 2 is 2.00 bits per heavy atom. The molecule has 0 aromatic carbocycles. The van der Waals surface area contributed by atoms with Crippen molar-refractivity contribution in [1.82, 2.24) is 14.8 Å². The van der Waals surface area contributed by atoms with Gasteiger partial charge >= 0.3 is 6.09 Å². The number of rotatable bonds is 1. The first-order valence-electron chi connectivity index (χ1n) is 9.43. The molecule has 4 rings (SSSR count). The molecule has 3 aliphatic rings. The van der Waals surface area contributed by atoms with E-state index in [-0.39, 0.29) is 23.8 Å². The Bertz CT molecular complexity index is 872. The Morgan fingerprint density at radius 1 is 1.29 bits per heavy atom. The van der Waals surface area contributed by atoms with Gasteiger partial charge in [0.1, 0.15) is 6.10 Å². The van der Waals surface area contributed by atoms with Crippen LogP contribution in [0.4, 0.5) is 16.3 Å². The summed E-state index contributed by atoms with van der Waals surface area (Å²) in [5, 5.41) is 0. The topological polar surface area (TPSA) is 73.6 Å². The van der Waals surface area contributed by atoms with E-state index in [0.29, 0.717) is 18.9 Å². The van der Waals surface area contributed by atoms with Gasteiger partial charge in [-0.05, 0) is 49.7 Å². The maximum Gasteiger partial charge on any atom is 0.410 e. The standard InChI is InChI=1S/C19H25BrN6O2/c1-11-8-26-14-6-12(20)7-21-15(14)23-16(17(26)22-11)25-9-13(10-25)28-18(27)24(5)19(2,3)4/h6-7,11,13H,8-10H2,1-5H3/t11-/m0/s1. The Hall–Kier alpha value is -2.16. The van der Waals surface area contributed by atoms with Crippen LogP contribution < -0.4 is 4.90 Å². The summed E-state index contributed by atoms with van der Waals surface area (Å²) < 4.78 is 6.55. The number of hydrogen-bond donors (Lipinski definition) is 0. The molecule has 28 heavy (non-hydrogen) atoms. The van der Waals surface area contributed by atoms with Crippen LogP contribution in [0.1, 0.15) is 27.7 Å². The Kier molecular flexibility index (Phi) is 4.60. The van der Waals surface area contributed by atoms with Crippen molar-refractivity contribution in [2.75, 3.05) is 31.6 Å². The first-order valence-corrected chi connectivity index (χ1v) is 10.2. The van der Waals surface area contributed by atoms with Gasteiger partial charge in [0.25, 0.3) is 0 Å². The number of likely N-dealkylation sites (tertiary alicyclic amines) is 1. The third kappa shape index (κ3) is 3.36. The molecule has 1 amide bonds. The quantitative estimate of drug-likeness (QED) is 0.659. The number of ether oxygens (including phenoxy) is 1. The lowest BCUT2D eigenvalue weighted by Crippen LogP contribution is -2.60. The number of aliphatic imine (C=N–C) groups is 2. The number of anilines is 1. The Morgan fingerprint density at radius 3 is 2.68 bits per heavy atom. The van der Waals surface area contributed by atoms with Crippen molar-refractivity contribution in [2.24, 2.45) is 9.98 Å². The Balaban J connectivity index is 1.49. The average molecular weight is 449 g/mol. The van der Waals surface area contributed by atoms with Gasteiger partial charge in [-0.15, -0.1) is 0 Å². The van der Waals surface area contributed by atoms with E-state index in [4.69, 9.17) is 14.7 Å². The molecule has 4 heterocycles. The van der Waals surface area contributed by atoms with Crippen LogP contribution in [-0.2, 0) is 4.74 Å². The van der Waals surface area contributed by atoms with E-state index in [1.54, 1.807) is 18.1 Å². The summed E-state index contributed by atoms with van der Waals surface area (Å²) in [6, 6.07) is 2.22. The second-order valence-electron chi connectivity index (χ2n) is 8.48. The fraction of sp³-hybridized carbons (Fsp3) is 0.579. The fourth-order valence-corrected chi connectivity index (χ4v) is 3.63. The maximum atomic E-state index is 12.3. The molecule has 0 bridgehead atoms. The van der Waals surface area contributed by atoms with Gasteiger partial charge in [-0.25, -0.2) is 14.8 Å².